The van der Waals surface area contributed by atoms with Crippen LogP contribution < -0.4 is 0 Å². The van der Waals surface area contributed by atoms with Gasteiger partial charge >= 0.3 is 0 Å². The van der Waals surface area contributed by atoms with Crippen molar-refractivity contribution >= 4 is 11.6 Å². The highest BCUT2D eigenvalue weighted by Gasteiger charge is 2.29. The van der Waals surface area contributed by atoms with Crippen LogP contribution >= 0.6 is 11.6 Å². The van der Waals surface area contributed by atoms with Gasteiger partial charge in [0.25, 0.3) is 0 Å². The molecule has 0 radical (unpaired) electrons. The Kier molecular flexibility index (Phi) is 4.91. The van der Waals surface area contributed by atoms with Crippen molar-refractivity contribution in [2.45, 2.75) is 56.7 Å². The molecular weight excluding hydrogens is 228 g/mol. The average Bonchev–Trinajstić information content (AvgIpc) is 2.39. The molecule has 0 N–H and O–H groups in total. The lowest BCUT2D eigenvalue weighted by atomic mass is 9.76. The van der Waals surface area contributed by atoms with Crippen molar-refractivity contribution in [3.63, 3.8) is 0 Å². The molecule has 1 fully saturated rings. The van der Waals surface area contributed by atoms with Gasteiger partial charge in [0.15, 0.2) is 0 Å². The van der Waals surface area contributed by atoms with Gasteiger partial charge in [-0.25, -0.2) is 0 Å². The van der Waals surface area contributed by atoms with Crippen LogP contribution in [-0.4, -0.2) is 5.38 Å². The maximum Gasteiger partial charge on any atom is 0.0364 e. The molecule has 2 rings (SSSR count). The summed E-state index contributed by atoms with van der Waals surface area (Å²) in [5, 5.41) is 0.418. The summed E-state index contributed by atoms with van der Waals surface area (Å²) in [4.78, 5) is 0. The minimum Gasteiger partial charge on any atom is -0.123 e. The third-order valence-corrected chi connectivity index (χ3v) is 4.66. The lowest BCUT2D eigenvalue weighted by Crippen LogP contribution is -2.24. The maximum absolute atomic E-state index is 6.47. The van der Waals surface area contributed by atoms with E-state index in [-0.39, 0.29) is 0 Å². The molecule has 0 spiro atoms. The zero-order chi connectivity index (χ0) is 12.1. The zero-order valence-corrected chi connectivity index (χ0v) is 11.5. The third-order valence-electron chi connectivity index (χ3n) is 4.09. The molecule has 0 aliphatic heterocycles. The van der Waals surface area contributed by atoms with Gasteiger partial charge in [-0.1, -0.05) is 50.1 Å². The van der Waals surface area contributed by atoms with Crippen LogP contribution in [0.5, 0.6) is 0 Å². The Balaban J connectivity index is 1.97. The molecule has 3 unspecified atom stereocenters. The highest BCUT2D eigenvalue weighted by molar-refractivity contribution is 6.20. The first kappa shape index (κ1) is 13.0. The van der Waals surface area contributed by atoms with E-state index in [9.17, 15) is 0 Å². The summed E-state index contributed by atoms with van der Waals surface area (Å²) in [6.45, 7) is 2.26. The molecule has 0 bridgehead atoms. The van der Waals surface area contributed by atoms with Crippen LogP contribution in [0.4, 0.5) is 0 Å². The van der Waals surface area contributed by atoms with E-state index >= 15 is 0 Å². The van der Waals surface area contributed by atoms with Crippen LogP contribution in [0.25, 0.3) is 0 Å². The molecule has 0 saturated heterocycles. The lowest BCUT2D eigenvalue weighted by molar-refractivity contribution is 0.306. The number of alkyl halides is 1. The molecule has 1 aliphatic rings. The molecule has 0 heterocycles. The molecule has 1 aromatic carbocycles. The van der Waals surface area contributed by atoms with Crippen molar-refractivity contribution in [2.75, 3.05) is 0 Å². The molecule has 1 aromatic rings. The highest BCUT2D eigenvalue weighted by Crippen LogP contribution is 2.40. The van der Waals surface area contributed by atoms with Crippen LogP contribution in [0, 0.1) is 5.92 Å². The van der Waals surface area contributed by atoms with Gasteiger partial charge in [0.1, 0.15) is 0 Å². The van der Waals surface area contributed by atoms with Crippen LogP contribution in [0.2, 0.25) is 0 Å². The summed E-state index contributed by atoms with van der Waals surface area (Å²) < 4.78 is 0. The first-order valence-electron chi connectivity index (χ1n) is 7.00. The molecular formula is C16H23Cl. The number of rotatable bonds is 4. The zero-order valence-electron chi connectivity index (χ0n) is 10.7. The first-order valence-corrected chi connectivity index (χ1v) is 7.44. The van der Waals surface area contributed by atoms with Crippen LogP contribution in [0.3, 0.4) is 0 Å². The van der Waals surface area contributed by atoms with Gasteiger partial charge in [-0.2, -0.15) is 0 Å². The second kappa shape index (κ2) is 6.44. The Morgan fingerprint density at radius 3 is 2.65 bits per heavy atom. The Morgan fingerprint density at radius 1 is 1.18 bits per heavy atom. The molecule has 0 amide bonds. The van der Waals surface area contributed by atoms with Crippen molar-refractivity contribution in [1.82, 2.24) is 0 Å². The monoisotopic (exact) mass is 250 g/mol. The smallest absolute Gasteiger partial charge is 0.0364 e. The molecule has 3 atom stereocenters. The lowest BCUT2D eigenvalue weighted by Gasteiger charge is -2.33. The quantitative estimate of drug-likeness (QED) is 0.631. The molecule has 1 heteroatoms. The Morgan fingerprint density at radius 2 is 1.94 bits per heavy atom. The summed E-state index contributed by atoms with van der Waals surface area (Å²) in [6, 6.07) is 11.0. The van der Waals surface area contributed by atoms with E-state index in [2.05, 4.69) is 37.3 Å². The minimum absolute atomic E-state index is 0.418. The van der Waals surface area contributed by atoms with Crippen molar-refractivity contribution < 1.29 is 0 Å². The Labute approximate surface area is 110 Å². The van der Waals surface area contributed by atoms with E-state index in [1.54, 1.807) is 0 Å². The normalized spacial score (nSPS) is 29.2. The number of hydrogen-bond donors (Lipinski definition) is 0. The summed E-state index contributed by atoms with van der Waals surface area (Å²) in [5.74, 6) is 1.48. The van der Waals surface area contributed by atoms with Crippen molar-refractivity contribution in [1.29, 1.82) is 0 Å². The molecule has 17 heavy (non-hydrogen) atoms. The summed E-state index contributed by atoms with van der Waals surface area (Å²) in [6.07, 6.45) is 7.67. The van der Waals surface area contributed by atoms with Gasteiger partial charge in [-0.05, 0) is 43.1 Å². The summed E-state index contributed by atoms with van der Waals surface area (Å²) in [7, 11) is 0. The van der Waals surface area contributed by atoms with Crippen molar-refractivity contribution in [3.05, 3.63) is 35.9 Å². The average molecular weight is 251 g/mol. The van der Waals surface area contributed by atoms with E-state index in [0.29, 0.717) is 5.38 Å². The predicted molar refractivity (Wildman–Crippen MR) is 75.7 cm³/mol. The van der Waals surface area contributed by atoms with E-state index < -0.39 is 0 Å². The Hall–Kier alpha value is -0.490. The van der Waals surface area contributed by atoms with Crippen LogP contribution in [0.1, 0.15) is 56.9 Å². The number of halogens is 1. The fourth-order valence-electron chi connectivity index (χ4n) is 3.02. The van der Waals surface area contributed by atoms with E-state index in [4.69, 9.17) is 11.6 Å². The summed E-state index contributed by atoms with van der Waals surface area (Å²) in [5.41, 5.74) is 1.51. The number of benzene rings is 1. The second-order valence-corrected chi connectivity index (χ2v) is 5.90. The first-order chi connectivity index (χ1) is 8.31. The highest BCUT2D eigenvalue weighted by atomic mass is 35.5. The second-order valence-electron chi connectivity index (χ2n) is 5.34. The standard InChI is InChI=1S/C16H23Cl/c1-2-3-7-15-12-14(10-11-16(15)17)13-8-5-4-6-9-13/h4-6,8-9,14-16H,2-3,7,10-12H2,1H3. The van der Waals surface area contributed by atoms with E-state index in [1.165, 1.54) is 44.1 Å². The van der Waals surface area contributed by atoms with Crippen LogP contribution in [-0.2, 0) is 0 Å². The number of hydrogen-bond acceptors (Lipinski definition) is 0. The van der Waals surface area contributed by atoms with Crippen molar-refractivity contribution in [3.8, 4) is 0 Å². The fourth-order valence-corrected chi connectivity index (χ4v) is 3.37. The van der Waals surface area contributed by atoms with Gasteiger partial charge < -0.3 is 0 Å². The predicted octanol–water partition coefficient (Wildman–Crippen LogP) is 5.37. The van der Waals surface area contributed by atoms with E-state index in [0.717, 1.165) is 11.8 Å². The topological polar surface area (TPSA) is 0 Å². The largest absolute Gasteiger partial charge is 0.123 e. The van der Waals surface area contributed by atoms with Crippen molar-refractivity contribution in [2.24, 2.45) is 5.92 Å². The summed E-state index contributed by atoms with van der Waals surface area (Å²) >= 11 is 6.47. The molecule has 1 saturated carbocycles. The molecule has 94 valence electrons. The number of unbranched alkanes of at least 4 members (excludes halogenated alkanes) is 1. The van der Waals surface area contributed by atoms with Gasteiger partial charge in [-0.15, -0.1) is 11.6 Å². The van der Waals surface area contributed by atoms with Crippen LogP contribution in [0.15, 0.2) is 30.3 Å². The van der Waals surface area contributed by atoms with Gasteiger partial charge in [0.05, 0.1) is 0 Å². The SMILES string of the molecule is CCCCC1CC(c2ccccc2)CCC1Cl. The molecule has 1 aliphatic carbocycles. The molecule has 0 aromatic heterocycles. The fraction of sp³-hybridized carbons (Fsp3) is 0.625. The third kappa shape index (κ3) is 3.48. The Bertz CT molecular complexity index is 320. The molecule has 0 nitrogen and oxygen atoms in total. The van der Waals surface area contributed by atoms with Gasteiger partial charge in [0, 0.05) is 5.38 Å². The maximum atomic E-state index is 6.47. The minimum atomic E-state index is 0.418. The van der Waals surface area contributed by atoms with E-state index in [1.807, 2.05) is 0 Å². The van der Waals surface area contributed by atoms with Gasteiger partial charge in [-0.3, -0.25) is 0 Å². The van der Waals surface area contributed by atoms with Gasteiger partial charge in [0.2, 0.25) is 0 Å².